The molecule has 1 aromatic heterocycles. The highest BCUT2D eigenvalue weighted by atomic mass is 16.3. The number of benzene rings is 2. The molecule has 0 spiro atoms. The average Bonchev–Trinajstić information content (AvgIpc) is 3.00. The van der Waals surface area contributed by atoms with Crippen LogP contribution in [0.15, 0.2) is 42.6 Å². The van der Waals surface area contributed by atoms with Gasteiger partial charge in [-0.2, -0.15) is 0 Å². The number of nitrogens with zero attached hydrogens (tertiary/aromatic N) is 3. The van der Waals surface area contributed by atoms with Crippen LogP contribution in [0.5, 0.6) is 5.75 Å². The van der Waals surface area contributed by atoms with E-state index < -0.39 is 0 Å². The van der Waals surface area contributed by atoms with E-state index in [1.165, 1.54) is 0 Å². The molecular weight excluding hydrogens is 300 g/mol. The molecule has 122 valence electrons. The van der Waals surface area contributed by atoms with E-state index >= 15 is 0 Å². The first kappa shape index (κ1) is 14.9. The number of aromatic nitrogens is 2. The predicted octanol–water partition coefficient (Wildman–Crippen LogP) is 2.85. The fraction of sp³-hybridized carbons (Fsp3) is 0.263. The molecule has 1 saturated heterocycles. The van der Waals surface area contributed by atoms with Gasteiger partial charge in [-0.15, -0.1) is 0 Å². The highest BCUT2D eigenvalue weighted by Gasteiger charge is 2.21. The molecule has 2 aromatic carbocycles. The minimum Gasteiger partial charge on any atom is -0.507 e. The molecular formula is C19H20N4O. The molecule has 0 radical (unpaired) electrons. The zero-order valence-electron chi connectivity index (χ0n) is 13.6. The summed E-state index contributed by atoms with van der Waals surface area (Å²) < 4.78 is 0. The highest BCUT2D eigenvalue weighted by Crippen LogP contribution is 2.32. The number of para-hydroxylation sites is 1. The zero-order chi connectivity index (χ0) is 16.7. The van der Waals surface area contributed by atoms with Gasteiger partial charge in [-0.25, -0.2) is 9.97 Å². The Kier molecular flexibility index (Phi) is 3.58. The van der Waals surface area contributed by atoms with Crippen LogP contribution in [0.25, 0.3) is 22.3 Å². The fourth-order valence-corrected chi connectivity index (χ4v) is 3.31. The molecule has 5 heteroatoms. The molecule has 0 saturated carbocycles. The molecule has 0 bridgehead atoms. The lowest BCUT2D eigenvalue weighted by molar-refractivity contribution is 0.477. The standard InChI is InChI=1S/C19H20N4O/c1-12-8-16-15(17(9-12)23-7-6-13(20)11-23)10-21-19(22-16)14-4-2-3-5-18(14)24/h2-5,8-10,13,24H,6-7,11,20H2,1H3/t13-/m1/s1. The van der Waals surface area contributed by atoms with E-state index in [-0.39, 0.29) is 11.8 Å². The van der Waals surface area contributed by atoms with Gasteiger partial charge in [0.2, 0.25) is 0 Å². The van der Waals surface area contributed by atoms with Crippen LogP contribution in [0.4, 0.5) is 5.69 Å². The number of aromatic hydroxyl groups is 1. The van der Waals surface area contributed by atoms with Crippen molar-refractivity contribution in [3.8, 4) is 17.1 Å². The smallest absolute Gasteiger partial charge is 0.163 e. The van der Waals surface area contributed by atoms with Gasteiger partial charge in [-0.1, -0.05) is 12.1 Å². The first-order valence-electron chi connectivity index (χ1n) is 8.18. The summed E-state index contributed by atoms with van der Waals surface area (Å²) in [7, 11) is 0. The summed E-state index contributed by atoms with van der Waals surface area (Å²) in [4.78, 5) is 11.5. The van der Waals surface area contributed by atoms with Crippen LogP contribution >= 0.6 is 0 Å². The summed E-state index contributed by atoms with van der Waals surface area (Å²) in [6, 6.07) is 11.6. The Morgan fingerprint density at radius 3 is 2.83 bits per heavy atom. The van der Waals surface area contributed by atoms with E-state index in [1.807, 2.05) is 18.3 Å². The van der Waals surface area contributed by atoms with Gasteiger partial charge >= 0.3 is 0 Å². The Bertz CT molecular complexity index is 909. The number of phenolic OH excluding ortho intramolecular Hbond substituents is 1. The van der Waals surface area contributed by atoms with Gasteiger partial charge in [0.1, 0.15) is 5.75 Å². The van der Waals surface area contributed by atoms with Gasteiger partial charge in [0.25, 0.3) is 0 Å². The number of rotatable bonds is 2. The van der Waals surface area contributed by atoms with Crippen molar-refractivity contribution in [2.75, 3.05) is 18.0 Å². The average molecular weight is 320 g/mol. The monoisotopic (exact) mass is 320 g/mol. The lowest BCUT2D eigenvalue weighted by atomic mass is 10.1. The van der Waals surface area contributed by atoms with Gasteiger partial charge in [-0.3, -0.25) is 0 Å². The molecule has 24 heavy (non-hydrogen) atoms. The SMILES string of the molecule is Cc1cc(N2CC[C@@H](N)C2)c2cnc(-c3ccccc3O)nc2c1. The van der Waals surface area contributed by atoms with Crippen LogP contribution in [-0.4, -0.2) is 34.2 Å². The zero-order valence-corrected chi connectivity index (χ0v) is 13.6. The summed E-state index contributed by atoms with van der Waals surface area (Å²) in [6.07, 6.45) is 2.86. The molecule has 0 amide bonds. The minimum absolute atomic E-state index is 0.190. The maximum atomic E-state index is 10.0. The normalized spacial score (nSPS) is 17.6. The summed E-state index contributed by atoms with van der Waals surface area (Å²) in [5.41, 5.74) is 9.89. The minimum atomic E-state index is 0.190. The lowest BCUT2D eigenvalue weighted by Gasteiger charge is -2.21. The van der Waals surface area contributed by atoms with Gasteiger partial charge in [0.05, 0.1) is 11.1 Å². The van der Waals surface area contributed by atoms with Crippen molar-refractivity contribution in [2.45, 2.75) is 19.4 Å². The van der Waals surface area contributed by atoms with Crippen LogP contribution in [0.1, 0.15) is 12.0 Å². The number of fused-ring (bicyclic) bond motifs is 1. The van der Waals surface area contributed by atoms with E-state index in [1.54, 1.807) is 12.1 Å². The van der Waals surface area contributed by atoms with Crippen LogP contribution in [-0.2, 0) is 0 Å². The fourth-order valence-electron chi connectivity index (χ4n) is 3.31. The third-order valence-electron chi connectivity index (χ3n) is 4.53. The third-order valence-corrected chi connectivity index (χ3v) is 4.53. The number of nitrogens with two attached hydrogens (primary N) is 1. The maximum absolute atomic E-state index is 10.0. The van der Waals surface area contributed by atoms with E-state index in [0.29, 0.717) is 11.4 Å². The summed E-state index contributed by atoms with van der Waals surface area (Å²) >= 11 is 0. The molecule has 1 fully saturated rings. The van der Waals surface area contributed by atoms with Gasteiger partial charge in [-0.05, 0) is 43.2 Å². The van der Waals surface area contributed by atoms with Crippen LogP contribution in [0.2, 0.25) is 0 Å². The van der Waals surface area contributed by atoms with Crippen LogP contribution in [0.3, 0.4) is 0 Å². The number of phenols is 1. The van der Waals surface area contributed by atoms with Crippen molar-refractivity contribution in [1.29, 1.82) is 0 Å². The number of hydrogen-bond acceptors (Lipinski definition) is 5. The molecule has 1 aliphatic heterocycles. The van der Waals surface area contributed by atoms with E-state index in [9.17, 15) is 5.11 Å². The van der Waals surface area contributed by atoms with Gasteiger partial charge in [0, 0.05) is 36.4 Å². The van der Waals surface area contributed by atoms with Crippen molar-refractivity contribution in [3.05, 3.63) is 48.2 Å². The van der Waals surface area contributed by atoms with E-state index in [4.69, 9.17) is 5.73 Å². The quantitative estimate of drug-likeness (QED) is 0.759. The Morgan fingerprint density at radius 1 is 1.25 bits per heavy atom. The van der Waals surface area contributed by atoms with Crippen molar-refractivity contribution >= 4 is 16.6 Å². The molecule has 0 unspecified atom stereocenters. The molecule has 3 aromatic rings. The second kappa shape index (κ2) is 5.76. The van der Waals surface area contributed by atoms with Crippen LogP contribution in [0, 0.1) is 6.92 Å². The predicted molar refractivity (Wildman–Crippen MR) is 96.2 cm³/mol. The Morgan fingerprint density at radius 2 is 2.08 bits per heavy atom. The topological polar surface area (TPSA) is 75.3 Å². The molecule has 2 heterocycles. The summed E-state index contributed by atoms with van der Waals surface area (Å²) in [5.74, 6) is 0.727. The number of aryl methyl sites for hydroxylation is 1. The molecule has 5 nitrogen and oxygen atoms in total. The first-order chi connectivity index (χ1) is 11.6. The first-order valence-corrected chi connectivity index (χ1v) is 8.18. The Balaban J connectivity index is 1.85. The second-order valence-electron chi connectivity index (χ2n) is 6.42. The Hall–Kier alpha value is -2.66. The van der Waals surface area contributed by atoms with Crippen molar-refractivity contribution < 1.29 is 5.11 Å². The summed E-state index contributed by atoms with van der Waals surface area (Å²) in [6.45, 7) is 3.89. The Labute approximate surface area is 140 Å². The number of hydrogen-bond donors (Lipinski definition) is 2. The number of anilines is 1. The molecule has 1 atom stereocenters. The third kappa shape index (κ3) is 2.57. The largest absolute Gasteiger partial charge is 0.507 e. The molecule has 1 aliphatic rings. The molecule has 0 aliphatic carbocycles. The van der Waals surface area contributed by atoms with Crippen molar-refractivity contribution in [2.24, 2.45) is 5.73 Å². The molecule has 4 rings (SSSR count). The van der Waals surface area contributed by atoms with E-state index in [2.05, 4.69) is 33.9 Å². The van der Waals surface area contributed by atoms with Crippen LogP contribution < -0.4 is 10.6 Å². The van der Waals surface area contributed by atoms with Crippen molar-refractivity contribution in [3.63, 3.8) is 0 Å². The second-order valence-corrected chi connectivity index (χ2v) is 6.42. The maximum Gasteiger partial charge on any atom is 0.163 e. The molecule has 3 N–H and O–H groups in total. The lowest BCUT2D eigenvalue weighted by Crippen LogP contribution is -2.26. The van der Waals surface area contributed by atoms with Gasteiger partial charge < -0.3 is 15.7 Å². The highest BCUT2D eigenvalue weighted by molar-refractivity contribution is 5.93. The summed E-state index contributed by atoms with van der Waals surface area (Å²) in [5, 5.41) is 11.1. The van der Waals surface area contributed by atoms with Crippen molar-refractivity contribution in [1.82, 2.24) is 9.97 Å². The van der Waals surface area contributed by atoms with Gasteiger partial charge in [0.15, 0.2) is 5.82 Å². The van der Waals surface area contributed by atoms with E-state index in [0.717, 1.165) is 41.7 Å².